The van der Waals surface area contributed by atoms with E-state index in [9.17, 15) is 13.2 Å². The van der Waals surface area contributed by atoms with E-state index in [1.165, 1.54) is 0 Å². The highest BCUT2D eigenvalue weighted by atomic mass is 32.2. The van der Waals surface area contributed by atoms with Crippen molar-refractivity contribution in [1.29, 1.82) is 0 Å². The zero-order valence-electron chi connectivity index (χ0n) is 13.0. The van der Waals surface area contributed by atoms with Crippen LogP contribution in [0.1, 0.15) is 40.0 Å². The molecule has 0 amide bonds. The van der Waals surface area contributed by atoms with Crippen LogP contribution in [0.4, 0.5) is 0 Å². The molecule has 0 aliphatic rings. The molecule has 0 aromatic carbocycles. The molecule has 0 saturated carbocycles. The Morgan fingerprint density at radius 2 is 1.57 bits per heavy atom. The number of hydrogen-bond acceptors (Lipinski definition) is 6. The summed E-state index contributed by atoms with van der Waals surface area (Å²) in [6.07, 6.45) is 2.39. The topological polar surface area (TPSA) is 99.1 Å². The van der Waals surface area contributed by atoms with E-state index in [1.807, 2.05) is 0 Å². The zero-order valence-corrected chi connectivity index (χ0v) is 13.8. The average molecular weight is 326 g/mol. The predicted molar refractivity (Wildman–Crippen MR) is 77.7 cm³/mol. The molecule has 1 N–H and O–H groups in total. The second-order valence-corrected chi connectivity index (χ2v) is 7.17. The zero-order chi connectivity index (χ0) is 16.4. The van der Waals surface area contributed by atoms with Crippen molar-refractivity contribution in [3.05, 3.63) is 0 Å². The van der Waals surface area contributed by atoms with Crippen LogP contribution in [0.25, 0.3) is 0 Å². The highest BCUT2D eigenvalue weighted by Crippen LogP contribution is 2.07. The maximum absolute atomic E-state index is 11.3. The third-order valence-corrected chi connectivity index (χ3v) is 2.89. The van der Waals surface area contributed by atoms with E-state index in [2.05, 4.69) is 0 Å². The first-order valence-electron chi connectivity index (χ1n) is 6.93. The van der Waals surface area contributed by atoms with Crippen LogP contribution in [0.5, 0.6) is 0 Å². The Balaban J connectivity index is 3.32. The van der Waals surface area contributed by atoms with Gasteiger partial charge >= 0.3 is 5.97 Å². The van der Waals surface area contributed by atoms with Crippen LogP contribution >= 0.6 is 0 Å². The first kappa shape index (κ1) is 20.3. The fourth-order valence-corrected chi connectivity index (χ4v) is 1.71. The van der Waals surface area contributed by atoms with Crippen LogP contribution in [-0.2, 0) is 29.1 Å². The number of ether oxygens (including phenoxy) is 3. The molecule has 0 aliphatic heterocycles. The standard InChI is InChI=1S/C13H26O7S/c1-13(2,3)20-12(14)11-19-8-6-4-5-7-18-9-10-21(15,16)17/h4-11H2,1-3H3,(H,15,16,17). The maximum Gasteiger partial charge on any atom is 0.332 e. The van der Waals surface area contributed by atoms with E-state index in [0.717, 1.165) is 19.3 Å². The quantitative estimate of drug-likeness (QED) is 0.348. The molecule has 126 valence electrons. The van der Waals surface area contributed by atoms with E-state index in [-0.39, 0.29) is 24.9 Å². The minimum atomic E-state index is -3.94. The van der Waals surface area contributed by atoms with Crippen molar-refractivity contribution >= 4 is 16.1 Å². The van der Waals surface area contributed by atoms with E-state index in [4.69, 9.17) is 18.8 Å². The minimum Gasteiger partial charge on any atom is -0.458 e. The number of unbranched alkanes of at least 4 members (excludes halogenated alkanes) is 2. The summed E-state index contributed by atoms with van der Waals surface area (Å²) in [5.74, 6) is -0.762. The summed E-state index contributed by atoms with van der Waals surface area (Å²) in [5.41, 5.74) is -0.500. The van der Waals surface area contributed by atoms with Gasteiger partial charge in [-0.3, -0.25) is 4.55 Å². The van der Waals surface area contributed by atoms with Gasteiger partial charge in [-0.1, -0.05) is 0 Å². The normalized spacial score (nSPS) is 12.4. The molecular weight excluding hydrogens is 300 g/mol. The molecule has 0 bridgehead atoms. The van der Waals surface area contributed by atoms with Crippen molar-refractivity contribution in [2.75, 3.05) is 32.2 Å². The number of esters is 1. The van der Waals surface area contributed by atoms with Gasteiger partial charge in [0.25, 0.3) is 10.1 Å². The molecule has 0 rings (SSSR count). The van der Waals surface area contributed by atoms with Gasteiger partial charge in [0.05, 0.1) is 12.4 Å². The first-order valence-corrected chi connectivity index (χ1v) is 8.53. The van der Waals surface area contributed by atoms with Gasteiger partial charge in [-0.25, -0.2) is 4.79 Å². The minimum absolute atomic E-state index is 0.00597. The van der Waals surface area contributed by atoms with Gasteiger partial charge in [-0.15, -0.1) is 0 Å². The van der Waals surface area contributed by atoms with E-state index in [0.29, 0.717) is 13.2 Å². The van der Waals surface area contributed by atoms with E-state index in [1.54, 1.807) is 20.8 Å². The molecule has 0 unspecified atom stereocenters. The van der Waals surface area contributed by atoms with Crippen LogP contribution < -0.4 is 0 Å². The molecular formula is C13H26O7S. The predicted octanol–water partition coefficient (Wildman–Crippen LogP) is 1.42. The number of rotatable bonds is 11. The Labute approximate surface area is 126 Å². The van der Waals surface area contributed by atoms with Crippen LogP contribution in [0, 0.1) is 0 Å². The van der Waals surface area contributed by atoms with Gasteiger partial charge in [0.15, 0.2) is 0 Å². The Morgan fingerprint density at radius 3 is 2.10 bits per heavy atom. The number of carbonyl (C=O) groups excluding carboxylic acids is 1. The Morgan fingerprint density at radius 1 is 1.00 bits per heavy atom. The Kier molecular flexibility index (Phi) is 9.76. The molecule has 0 saturated heterocycles. The lowest BCUT2D eigenvalue weighted by Crippen LogP contribution is -2.26. The summed E-state index contributed by atoms with van der Waals surface area (Å²) < 4.78 is 44.6. The molecule has 0 heterocycles. The first-order chi connectivity index (χ1) is 9.60. The van der Waals surface area contributed by atoms with Crippen molar-refractivity contribution in [2.45, 2.75) is 45.6 Å². The van der Waals surface area contributed by atoms with Crippen LogP contribution in [0.2, 0.25) is 0 Å². The highest BCUT2D eigenvalue weighted by Gasteiger charge is 2.15. The monoisotopic (exact) mass is 326 g/mol. The van der Waals surface area contributed by atoms with Crippen LogP contribution in [0.15, 0.2) is 0 Å². The molecule has 7 nitrogen and oxygen atoms in total. The lowest BCUT2D eigenvalue weighted by atomic mass is 10.2. The SMILES string of the molecule is CC(C)(C)OC(=O)COCCCCCOCCS(=O)(=O)O. The third kappa shape index (κ3) is 17.2. The summed E-state index contributed by atoms with van der Waals surface area (Å²) in [5, 5.41) is 0. The largest absolute Gasteiger partial charge is 0.458 e. The smallest absolute Gasteiger partial charge is 0.332 e. The summed E-state index contributed by atoms with van der Waals surface area (Å²) in [7, 11) is -3.94. The average Bonchev–Trinajstić information content (AvgIpc) is 2.27. The van der Waals surface area contributed by atoms with E-state index < -0.39 is 15.7 Å². The second kappa shape index (κ2) is 10.1. The summed E-state index contributed by atoms with van der Waals surface area (Å²) >= 11 is 0. The molecule has 0 radical (unpaired) electrons. The molecule has 0 aromatic rings. The fraction of sp³-hybridized carbons (Fsp3) is 0.923. The van der Waals surface area contributed by atoms with Crippen molar-refractivity contribution in [1.82, 2.24) is 0 Å². The van der Waals surface area contributed by atoms with Gasteiger partial charge < -0.3 is 14.2 Å². The van der Waals surface area contributed by atoms with Crippen molar-refractivity contribution in [3.63, 3.8) is 0 Å². The van der Waals surface area contributed by atoms with Gasteiger partial charge in [0, 0.05) is 13.2 Å². The summed E-state index contributed by atoms with van der Waals surface area (Å²) in [6, 6.07) is 0. The summed E-state index contributed by atoms with van der Waals surface area (Å²) in [6.45, 7) is 6.23. The van der Waals surface area contributed by atoms with Gasteiger partial charge in [0.2, 0.25) is 0 Å². The molecule has 0 aromatic heterocycles. The van der Waals surface area contributed by atoms with Crippen LogP contribution in [0.3, 0.4) is 0 Å². The highest BCUT2D eigenvalue weighted by molar-refractivity contribution is 7.85. The van der Waals surface area contributed by atoms with Gasteiger partial charge in [-0.05, 0) is 40.0 Å². The molecule has 21 heavy (non-hydrogen) atoms. The van der Waals surface area contributed by atoms with Crippen molar-refractivity contribution in [3.8, 4) is 0 Å². The summed E-state index contributed by atoms with van der Waals surface area (Å²) in [4.78, 5) is 11.3. The third-order valence-electron chi connectivity index (χ3n) is 2.20. The molecule has 0 spiro atoms. The Hall–Kier alpha value is -0.700. The Bertz CT molecular complexity index is 384. The van der Waals surface area contributed by atoms with Gasteiger partial charge in [-0.2, -0.15) is 8.42 Å². The molecule has 0 fully saturated rings. The number of hydrogen-bond donors (Lipinski definition) is 1. The second-order valence-electron chi connectivity index (χ2n) is 5.60. The molecule has 0 aliphatic carbocycles. The molecule has 0 atom stereocenters. The lowest BCUT2D eigenvalue weighted by Gasteiger charge is -2.19. The van der Waals surface area contributed by atoms with Crippen molar-refractivity contribution < 1.29 is 32.0 Å². The van der Waals surface area contributed by atoms with Crippen molar-refractivity contribution in [2.24, 2.45) is 0 Å². The maximum atomic E-state index is 11.3. The van der Waals surface area contributed by atoms with E-state index >= 15 is 0 Å². The number of carbonyl (C=O) groups is 1. The fourth-order valence-electron chi connectivity index (χ4n) is 1.38. The van der Waals surface area contributed by atoms with Gasteiger partial charge in [0.1, 0.15) is 12.2 Å². The molecule has 8 heteroatoms. The lowest BCUT2D eigenvalue weighted by molar-refractivity contribution is -0.160. The van der Waals surface area contributed by atoms with Crippen LogP contribution in [-0.4, -0.2) is 56.7 Å².